The average Bonchev–Trinajstić information content (AvgIpc) is 3.16. The number of nitrogens with one attached hydrogen (secondary N) is 3. The van der Waals surface area contributed by atoms with Crippen molar-refractivity contribution in [2.45, 2.75) is 64.0 Å². The van der Waals surface area contributed by atoms with E-state index < -0.39 is 5.60 Å². The van der Waals surface area contributed by atoms with E-state index in [1.165, 1.54) is 30.6 Å². The van der Waals surface area contributed by atoms with Gasteiger partial charge in [0.1, 0.15) is 5.60 Å². The molecule has 2 rings (SSSR count). The molecule has 1 aromatic rings. The van der Waals surface area contributed by atoms with Gasteiger partial charge in [0.05, 0.1) is 6.54 Å². The van der Waals surface area contributed by atoms with Gasteiger partial charge in [0.2, 0.25) is 5.91 Å². The summed E-state index contributed by atoms with van der Waals surface area (Å²) in [5.74, 6) is 0.709. The van der Waals surface area contributed by atoms with Crippen molar-refractivity contribution in [3.63, 3.8) is 0 Å². The molecule has 4 N–H and O–H groups in total. The summed E-state index contributed by atoms with van der Waals surface area (Å²) in [6.07, 6.45) is 6.32. The number of rotatable bonds is 8. The van der Waals surface area contributed by atoms with Crippen molar-refractivity contribution in [2.75, 3.05) is 19.6 Å². The standard InChI is InChI=1S/C19H32N4O2S/c1-3-20-18(22-14-19(2,25)16-10-7-13-26-16)21-12-11-17(24)23-15-8-5-4-6-9-15/h7,10,13,15,25H,3-6,8-9,11-12,14H2,1-2H3,(H,23,24)(H2,20,21,22). The topological polar surface area (TPSA) is 85.8 Å². The fourth-order valence-electron chi connectivity index (χ4n) is 3.08. The molecule has 0 aliphatic heterocycles. The van der Waals surface area contributed by atoms with E-state index >= 15 is 0 Å². The maximum absolute atomic E-state index is 12.1. The number of hydrogen-bond acceptors (Lipinski definition) is 4. The summed E-state index contributed by atoms with van der Waals surface area (Å²) in [4.78, 5) is 17.4. The number of aliphatic imine (C=N–C) groups is 1. The highest BCUT2D eigenvalue weighted by atomic mass is 32.1. The Morgan fingerprint density at radius 1 is 1.35 bits per heavy atom. The van der Waals surface area contributed by atoms with Gasteiger partial charge in [-0.05, 0) is 38.1 Å². The van der Waals surface area contributed by atoms with Gasteiger partial charge in [0.15, 0.2) is 5.96 Å². The van der Waals surface area contributed by atoms with E-state index in [9.17, 15) is 9.90 Å². The lowest BCUT2D eigenvalue weighted by atomic mass is 9.95. The molecule has 1 aliphatic rings. The fraction of sp³-hybridized carbons (Fsp3) is 0.684. The summed E-state index contributed by atoms with van der Waals surface area (Å²) in [6, 6.07) is 4.18. The predicted octanol–water partition coefficient (Wildman–Crippen LogP) is 2.35. The first kappa shape index (κ1) is 20.7. The Balaban J connectivity index is 1.77. The molecule has 6 nitrogen and oxygen atoms in total. The minimum absolute atomic E-state index is 0.0887. The van der Waals surface area contributed by atoms with Crippen molar-refractivity contribution in [1.82, 2.24) is 16.0 Å². The van der Waals surface area contributed by atoms with Crippen LogP contribution in [0.2, 0.25) is 0 Å². The lowest BCUT2D eigenvalue weighted by molar-refractivity contribution is -0.121. The zero-order valence-electron chi connectivity index (χ0n) is 15.9. The molecule has 26 heavy (non-hydrogen) atoms. The molecular weight excluding hydrogens is 348 g/mol. The lowest BCUT2D eigenvalue weighted by Gasteiger charge is -2.23. The number of hydrogen-bond donors (Lipinski definition) is 4. The zero-order chi connectivity index (χ0) is 18.8. The van der Waals surface area contributed by atoms with Crippen LogP contribution in [-0.4, -0.2) is 42.6 Å². The van der Waals surface area contributed by atoms with Crippen molar-refractivity contribution < 1.29 is 9.90 Å². The lowest BCUT2D eigenvalue weighted by Crippen LogP contribution is -2.42. The second kappa shape index (κ2) is 10.5. The predicted molar refractivity (Wildman–Crippen MR) is 108 cm³/mol. The second-order valence-electron chi connectivity index (χ2n) is 7.03. The maximum atomic E-state index is 12.1. The molecule has 1 unspecified atom stereocenters. The van der Waals surface area contributed by atoms with Gasteiger partial charge < -0.3 is 21.1 Å². The zero-order valence-corrected chi connectivity index (χ0v) is 16.7. The molecule has 1 heterocycles. The quantitative estimate of drug-likeness (QED) is 0.412. The highest BCUT2D eigenvalue weighted by Crippen LogP contribution is 2.25. The highest BCUT2D eigenvalue weighted by molar-refractivity contribution is 7.10. The Morgan fingerprint density at radius 3 is 2.77 bits per heavy atom. The van der Waals surface area contributed by atoms with E-state index in [1.54, 1.807) is 6.92 Å². The maximum Gasteiger partial charge on any atom is 0.221 e. The van der Waals surface area contributed by atoms with Crippen LogP contribution < -0.4 is 16.0 Å². The molecule has 146 valence electrons. The average molecular weight is 381 g/mol. The first-order valence-electron chi connectivity index (χ1n) is 9.59. The van der Waals surface area contributed by atoms with Gasteiger partial charge in [-0.15, -0.1) is 11.3 Å². The molecule has 1 aliphatic carbocycles. The van der Waals surface area contributed by atoms with Crippen LogP contribution in [0.4, 0.5) is 0 Å². The van der Waals surface area contributed by atoms with Crippen LogP contribution in [0.3, 0.4) is 0 Å². The highest BCUT2D eigenvalue weighted by Gasteiger charge is 2.24. The van der Waals surface area contributed by atoms with Crippen LogP contribution in [0.5, 0.6) is 0 Å². The Kier molecular flexibility index (Phi) is 8.38. The van der Waals surface area contributed by atoms with E-state index in [4.69, 9.17) is 0 Å². The number of guanidine groups is 1. The third-order valence-electron chi connectivity index (χ3n) is 4.56. The van der Waals surface area contributed by atoms with Gasteiger partial charge in [-0.1, -0.05) is 25.3 Å². The van der Waals surface area contributed by atoms with E-state index in [-0.39, 0.29) is 12.5 Å². The van der Waals surface area contributed by atoms with E-state index in [0.29, 0.717) is 25.0 Å². The van der Waals surface area contributed by atoms with Gasteiger partial charge in [-0.3, -0.25) is 4.79 Å². The third kappa shape index (κ3) is 6.96. The minimum atomic E-state index is -0.991. The smallest absolute Gasteiger partial charge is 0.221 e. The number of nitrogens with zero attached hydrogens (tertiary/aromatic N) is 1. The first-order valence-corrected chi connectivity index (χ1v) is 10.5. The number of thiophene rings is 1. The molecular formula is C19H32N4O2S. The molecule has 1 fully saturated rings. The third-order valence-corrected chi connectivity index (χ3v) is 5.68. The molecule has 1 amide bonds. The molecule has 1 aromatic heterocycles. The minimum Gasteiger partial charge on any atom is -0.383 e. The summed E-state index contributed by atoms with van der Waals surface area (Å²) in [7, 11) is 0. The van der Waals surface area contributed by atoms with Gasteiger partial charge in [-0.2, -0.15) is 0 Å². The Hall–Kier alpha value is -1.60. The van der Waals surface area contributed by atoms with Crippen LogP contribution in [0.1, 0.15) is 57.2 Å². The summed E-state index contributed by atoms with van der Waals surface area (Å²) in [5, 5.41) is 22.0. The molecule has 0 spiro atoms. The Morgan fingerprint density at radius 2 is 2.12 bits per heavy atom. The molecule has 1 atom stereocenters. The van der Waals surface area contributed by atoms with E-state index in [2.05, 4.69) is 20.9 Å². The van der Waals surface area contributed by atoms with Crippen LogP contribution >= 0.6 is 11.3 Å². The van der Waals surface area contributed by atoms with Crippen molar-refractivity contribution in [2.24, 2.45) is 4.99 Å². The first-order chi connectivity index (χ1) is 12.5. The van der Waals surface area contributed by atoms with Crippen LogP contribution in [0, 0.1) is 0 Å². The van der Waals surface area contributed by atoms with Gasteiger partial charge in [-0.25, -0.2) is 4.99 Å². The van der Waals surface area contributed by atoms with Gasteiger partial charge >= 0.3 is 0 Å². The number of carbonyl (C=O) groups excluding carboxylic acids is 1. The van der Waals surface area contributed by atoms with Gasteiger partial charge in [0, 0.05) is 30.4 Å². The SMILES string of the molecule is CCNC(=NCC(C)(O)c1cccs1)NCCC(=O)NC1CCCCC1. The largest absolute Gasteiger partial charge is 0.383 e. The summed E-state index contributed by atoms with van der Waals surface area (Å²) in [6.45, 7) is 5.26. The molecule has 1 saturated carbocycles. The Bertz CT molecular complexity index is 566. The fourth-order valence-corrected chi connectivity index (χ4v) is 3.86. The van der Waals surface area contributed by atoms with Crippen molar-refractivity contribution >= 4 is 23.2 Å². The van der Waals surface area contributed by atoms with E-state index in [1.807, 2.05) is 24.4 Å². The van der Waals surface area contributed by atoms with Crippen molar-refractivity contribution in [3.8, 4) is 0 Å². The van der Waals surface area contributed by atoms with Crippen molar-refractivity contribution in [3.05, 3.63) is 22.4 Å². The molecule has 0 bridgehead atoms. The monoisotopic (exact) mass is 380 g/mol. The summed E-state index contributed by atoms with van der Waals surface area (Å²) in [5.41, 5.74) is -0.991. The van der Waals surface area contributed by atoms with Crippen LogP contribution in [0.25, 0.3) is 0 Å². The van der Waals surface area contributed by atoms with Crippen LogP contribution in [0.15, 0.2) is 22.5 Å². The van der Waals surface area contributed by atoms with Gasteiger partial charge in [0.25, 0.3) is 0 Å². The summed E-state index contributed by atoms with van der Waals surface area (Å²) >= 11 is 1.52. The number of carbonyl (C=O) groups is 1. The second-order valence-corrected chi connectivity index (χ2v) is 7.97. The molecule has 0 aromatic carbocycles. The number of aliphatic hydroxyl groups is 1. The van der Waals surface area contributed by atoms with E-state index in [0.717, 1.165) is 24.3 Å². The van der Waals surface area contributed by atoms with Crippen LogP contribution in [-0.2, 0) is 10.4 Å². The van der Waals surface area contributed by atoms with Crippen molar-refractivity contribution in [1.29, 1.82) is 0 Å². The Labute approximate surface area is 160 Å². The molecule has 7 heteroatoms. The number of amides is 1. The molecule has 0 saturated heterocycles. The summed E-state index contributed by atoms with van der Waals surface area (Å²) < 4.78 is 0. The molecule has 0 radical (unpaired) electrons. The normalized spacial score (nSPS) is 18.2.